The number of nitrogens with one attached hydrogen (secondary N) is 1. The van der Waals surface area contributed by atoms with Gasteiger partial charge >= 0.3 is 5.97 Å². The molecule has 0 aromatic heterocycles. The number of morpholine rings is 1. The number of carbonyl (C=O) groups is 2. The van der Waals surface area contributed by atoms with Crippen LogP contribution in [0, 0.1) is 5.92 Å². The van der Waals surface area contributed by atoms with E-state index in [1.165, 1.54) is 22.5 Å². The molecule has 0 radical (unpaired) electrons. The topological polar surface area (TPSA) is 102 Å². The molecule has 1 heterocycles. The van der Waals surface area contributed by atoms with Crippen LogP contribution in [0.25, 0.3) is 0 Å². The minimum Gasteiger partial charge on any atom is -0.452 e. The summed E-state index contributed by atoms with van der Waals surface area (Å²) >= 11 is 6.17. The van der Waals surface area contributed by atoms with E-state index in [9.17, 15) is 18.0 Å². The van der Waals surface area contributed by atoms with Gasteiger partial charge in [-0.3, -0.25) is 4.79 Å². The molecular weight excluding hydrogens is 456 g/mol. The van der Waals surface area contributed by atoms with Crippen molar-refractivity contribution < 1.29 is 27.5 Å². The molecule has 1 aromatic carbocycles. The SMILES string of the molecule is CC1CN(S(=O)(=O)c2cc(C(=O)OCC(=O)NC3CCCCC3C)ccc2Cl)CC(C)O1. The highest BCUT2D eigenvalue weighted by Crippen LogP contribution is 2.28. The number of amides is 1. The zero-order valence-electron chi connectivity index (χ0n) is 18.7. The molecule has 8 nitrogen and oxygen atoms in total. The quantitative estimate of drug-likeness (QED) is 0.620. The van der Waals surface area contributed by atoms with Crippen molar-refractivity contribution >= 4 is 33.5 Å². The van der Waals surface area contributed by atoms with Crippen LogP contribution in [-0.2, 0) is 24.3 Å². The molecule has 1 aromatic rings. The highest BCUT2D eigenvalue weighted by molar-refractivity contribution is 7.89. The summed E-state index contributed by atoms with van der Waals surface area (Å²) in [5.74, 6) is -0.762. The normalized spacial score (nSPS) is 27.0. The van der Waals surface area contributed by atoms with Gasteiger partial charge in [0.2, 0.25) is 10.0 Å². The Kier molecular flexibility index (Phi) is 8.19. The Balaban J connectivity index is 1.66. The molecule has 1 aliphatic heterocycles. The fraction of sp³-hybridized carbons (Fsp3) is 0.636. The Hall–Kier alpha value is -1.68. The van der Waals surface area contributed by atoms with Gasteiger partial charge in [-0.1, -0.05) is 31.4 Å². The van der Waals surface area contributed by atoms with Crippen LogP contribution in [0.1, 0.15) is 56.8 Å². The van der Waals surface area contributed by atoms with Crippen molar-refractivity contribution in [2.24, 2.45) is 5.92 Å². The largest absolute Gasteiger partial charge is 0.452 e. The Bertz CT molecular complexity index is 944. The first-order valence-corrected chi connectivity index (χ1v) is 12.8. The summed E-state index contributed by atoms with van der Waals surface area (Å²) < 4.78 is 38.4. The van der Waals surface area contributed by atoms with Crippen molar-refractivity contribution in [1.82, 2.24) is 9.62 Å². The summed E-state index contributed by atoms with van der Waals surface area (Å²) in [6.45, 7) is 5.65. The zero-order chi connectivity index (χ0) is 23.5. The van der Waals surface area contributed by atoms with Gasteiger partial charge in [0.15, 0.2) is 6.61 Å². The number of halogens is 1. The van der Waals surface area contributed by atoms with Crippen LogP contribution < -0.4 is 5.32 Å². The van der Waals surface area contributed by atoms with Crippen LogP contribution in [0.5, 0.6) is 0 Å². The van der Waals surface area contributed by atoms with E-state index in [1.54, 1.807) is 13.8 Å². The molecule has 0 bridgehead atoms. The third-order valence-corrected chi connectivity index (χ3v) is 8.28. The summed E-state index contributed by atoms with van der Waals surface area (Å²) in [7, 11) is -3.94. The van der Waals surface area contributed by atoms with Crippen LogP contribution >= 0.6 is 11.6 Å². The standard InChI is InChI=1S/C22H31ClN2O6S/c1-14-6-4-5-7-19(14)24-21(26)13-30-22(27)17-8-9-18(23)20(10-17)32(28,29)25-11-15(2)31-16(3)12-25/h8-10,14-16,19H,4-7,11-13H2,1-3H3,(H,24,26). The van der Waals surface area contributed by atoms with Crippen molar-refractivity contribution in [2.45, 2.75) is 69.6 Å². The van der Waals surface area contributed by atoms with E-state index >= 15 is 0 Å². The zero-order valence-corrected chi connectivity index (χ0v) is 20.2. The average molecular weight is 487 g/mol. The van der Waals surface area contributed by atoms with Gasteiger partial charge in [0.25, 0.3) is 5.91 Å². The summed E-state index contributed by atoms with van der Waals surface area (Å²) in [4.78, 5) is 24.5. The number of ether oxygens (including phenoxy) is 2. The Labute approximate surface area is 194 Å². The first-order valence-electron chi connectivity index (χ1n) is 11.0. The number of hydrogen-bond donors (Lipinski definition) is 1. The molecule has 32 heavy (non-hydrogen) atoms. The summed E-state index contributed by atoms with van der Waals surface area (Å²) in [5, 5.41) is 2.93. The second kappa shape index (κ2) is 10.5. The smallest absolute Gasteiger partial charge is 0.338 e. The van der Waals surface area contributed by atoms with Crippen LogP contribution in [0.4, 0.5) is 0 Å². The molecule has 4 atom stereocenters. The van der Waals surface area contributed by atoms with Crippen molar-refractivity contribution in [3.8, 4) is 0 Å². The fourth-order valence-electron chi connectivity index (χ4n) is 4.29. The molecule has 4 unspecified atom stereocenters. The number of esters is 1. The Morgan fingerprint density at radius 2 is 1.81 bits per heavy atom. The predicted octanol–water partition coefficient (Wildman–Crippen LogP) is 2.99. The van der Waals surface area contributed by atoms with Crippen LogP contribution in [0.2, 0.25) is 5.02 Å². The minimum atomic E-state index is -3.94. The molecule has 2 fully saturated rings. The molecule has 2 aliphatic rings. The van der Waals surface area contributed by atoms with E-state index in [0.29, 0.717) is 5.92 Å². The van der Waals surface area contributed by atoms with E-state index in [2.05, 4.69) is 12.2 Å². The number of carbonyl (C=O) groups excluding carboxylic acids is 2. The Morgan fingerprint density at radius 3 is 2.47 bits per heavy atom. The van der Waals surface area contributed by atoms with Crippen molar-refractivity contribution in [3.05, 3.63) is 28.8 Å². The number of nitrogens with zero attached hydrogens (tertiary/aromatic N) is 1. The molecule has 3 rings (SSSR count). The van der Waals surface area contributed by atoms with E-state index < -0.39 is 22.6 Å². The van der Waals surface area contributed by atoms with Crippen molar-refractivity contribution in [1.29, 1.82) is 0 Å². The first kappa shape index (κ1) is 25.0. The lowest BCUT2D eigenvalue weighted by molar-refractivity contribution is -0.125. The molecule has 0 spiro atoms. The third kappa shape index (κ3) is 6.01. The number of hydrogen-bond acceptors (Lipinski definition) is 6. The fourth-order valence-corrected chi connectivity index (χ4v) is 6.38. The van der Waals surface area contributed by atoms with Gasteiger partial charge in [-0.25, -0.2) is 13.2 Å². The molecule has 1 aliphatic carbocycles. The first-order chi connectivity index (χ1) is 15.1. The van der Waals surface area contributed by atoms with Gasteiger partial charge in [-0.15, -0.1) is 0 Å². The van der Waals surface area contributed by atoms with Gasteiger partial charge in [0, 0.05) is 19.1 Å². The third-order valence-electron chi connectivity index (χ3n) is 5.96. The van der Waals surface area contributed by atoms with Crippen LogP contribution in [-0.4, -0.2) is 62.5 Å². The highest BCUT2D eigenvalue weighted by atomic mass is 35.5. The summed E-state index contributed by atoms with van der Waals surface area (Å²) in [6, 6.07) is 4.02. The van der Waals surface area contributed by atoms with Gasteiger partial charge < -0.3 is 14.8 Å². The van der Waals surface area contributed by atoms with E-state index in [-0.39, 0.29) is 52.7 Å². The van der Waals surface area contributed by atoms with Gasteiger partial charge in [0.05, 0.1) is 22.8 Å². The second-order valence-electron chi connectivity index (χ2n) is 8.74. The maximum atomic E-state index is 13.2. The molecular formula is C22H31ClN2O6S. The van der Waals surface area contributed by atoms with E-state index in [1.807, 2.05) is 0 Å². The Morgan fingerprint density at radius 1 is 1.16 bits per heavy atom. The van der Waals surface area contributed by atoms with Gasteiger partial charge in [-0.05, 0) is 50.8 Å². The lowest BCUT2D eigenvalue weighted by atomic mass is 9.86. The predicted molar refractivity (Wildman–Crippen MR) is 120 cm³/mol. The van der Waals surface area contributed by atoms with Crippen LogP contribution in [0.3, 0.4) is 0 Å². The number of sulfonamides is 1. The average Bonchev–Trinajstić information content (AvgIpc) is 2.73. The number of benzene rings is 1. The lowest BCUT2D eigenvalue weighted by Gasteiger charge is -2.34. The van der Waals surface area contributed by atoms with E-state index in [4.69, 9.17) is 21.1 Å². The molecule has 1 saturated heterocycles. The molecule has 1 N–H and O–H groups in total. The van der Waals surface area contributed by atoms with Crippen molar-refractivity contribution in [3.63, 3.8) is 0 Å². The van der Waals surface area contributed by atoms with E-state index in [0.717, 1.165) is 25.7 Å². The number of rotatable bonds is 6. The molecule has 178 valence electrons. The van der Waals surface area contributed by atoms with Crippen LogP contribution in [0.15, 0.2) is 23.1 Å². The summed E-state index contributed by atoms with van der Waals surface area (Å²) in [5.41, 5.74) is 0.0150. The minimum absolute atomic E-state index is 0.0115. The van der Waals surface area contributed by atoms with Gasteiger partial charge in [-0.2, -0.15) is 4.31 Å². The maximum Gasteiger partial charge on any atom is 0.338 e. The van der Waals surface area contributed by atoms with Gasteiger partial charge in [0.1, 0.15) is 4.90 Å². The van der Waals surface area contributed by atoms with Crippen molar-refractivity contribution in [2.75, 3.05) is 19.7 Å². The second-order valence-corrected chi connectivity index (χ2v) is 11.0. The molecule has 1 saturated carbocycles. The lowest BCUT2D eigenvalue weighted by Crippen LogP contribution is -2.48. The monoisotopic (exact) mass is 486 g/mol. The summed E-state index contributed by atoms with van der Waals surface area (Å²) in [6.07, 6.45) is 3.69. The highest BCUT2D eigenvalue weighted by Gasteiger charge is 2.34. The molecule has 1 amide bonds. The maximum absolute atomic E-state index is 13.2. The molecule has 10 heteroatoms.